The van der Waals surface area contributed by atoms with Gasteiger partial charge in [-0.2, -0.15) is 0 Å². The summed E-state index contributed by atoms with van der Waals surface area (Å²) in [5.41, 5.74) is 7.06. The van der Waals surface area contributed by atoms with Gasteiger partial charge in [-0.1, -0.05) is 6.92 Å². The molecular formula is C11H15BrN2O2. The fourth-order valence-corrected chi connectivity index (χ4v) is 1.64. The fourth-order valence-electron chi connectivity index (χ4n) is 1.29. The van der Waals surface area contributed by atoms with Gasteiger partial charge in [-0.05, 0) is 40.9 Å². The molecule has 0 fully saturated rings. The maximum absolute atomic E-state index is 11.7. The predicted octanol–water partition coefficient (Wildman–Crippen LogP) is 2.48. The molecule has 1 atom stereocenters. The predicted molar refractivity (Wildman–Crippen MR) is 66.0 cm³/mol. The highest BCUT2D eigenvalue weighted by Crippen LogP contribution is 2.27. The van der Waals surface area contributed by atoms with Crippen molar-refractivity contribution in [3.05, 3.63) is 22.4 Å². The smallest absolute Gasteiger partial charge is 0.313 e. The maximum Gasteiger partial charge on any atom is 0.313 e. The van der Waals surface area contributed by atoms with E-state index in [1.165, 1.54) is 0 Å². The van der Waals surface area contributed by atoms with Gasteiger partial charge in [0.25, 0.3) is 0 Å². The largest absolute Gasteiger partial charge is 0.465 e. The molecule has 0 saturated carbocycles. The summed E-state index contributed by atoms with van der Waals surface area (Å²) in [6.45, 7) is 4.17. The van der Waals surface area contributed by atoms with Gasteiger partial charge < -0.3 is 10.5 Å². The summed E-state index contributed by atoms with van der Waals surface area (Å²) in [6, 6.07) is 1.73. The monoisotopic (exact) mass is 286 g/mol. The number of ether oxygens (including phenoxy) is 1. The molecule has 0 aliphatic rings. The van der Waals surface area contributed by atoms with Crippen molar-refractivity contribution in [2.24, 2.45) is 0 Å². The number of carbonyl (C=O) groups is 1. The van der Waals surface area contributed by atoms with Gasteiger partial charge in [0.1, 0.15) is 4.60 Å². The zero-order valence-corrected chi connectivity index (χ0v) is 11.0. The Morgan fingerprint density at radius 1 is 1.69 bits per heavy atom. The third-order valence-corrected chi connectivity index (χ3v) is 2.88. The van der Waals surface area contributed by atoms with Crippen LogP contribution in [0.15, 0.2) is 16.9 Å². The van der Waals surface area contributed by atoms with E-state index in [0.29, 0.717) is 16.9 Å². The number of rotatable bonds is 4. The SMILES string of the molecule is CCCOC(=O)C(C)c1ccnc(Br)c1N. The molecular weight excluding hydrogens is 272 g/mol. The molecule has 1 rings (SSSR count). The lowest BCUT2D eigenvalue weighted by Crippen LogP contribution is -2.15. The molecule has 88 valence electrons. The van der Waals surface area contributed by atoms with E-state index < -0.39 is 0 Å². The van der Waals surface area contributed by atoms with Crippen LogP contribution in [0.5, 0.6) is 0 Å². The van der Waals surface area contributed by atoms with Crippen LogP contribution >= 0.6 is 15.9 Å². The number of anilines is 1. The second-order valence-electron chi connectivity index (χ2n) is 3.49. The molecule has 1 unspecified atom stereocenters. The standard InChI is InChI=1S/C11H15BrN2O2/c1-3-6-16-11(15)7(2)8-4-5-14-10(12)9(8)13/h4-5,7H,3,6,13H2,1-2H3. The van der Waals surface area contributed by atoms with Gasteiger partial charge in [-0.25, -0.2) is 4.98 Å². The molecule has 0 aromatic carbocycles. The molecule has 2 N–H and O–H groups in total. The Morgan fingerprint density at radius 3 is 3.00 bits per heavy atom. The first-order valence-corrected chi connectivity index (χ1v) is 5.93. The summed E-state index contributed by atoms with van der Waals surface area (Å²) < 4.78 is 5.63. The molecule has 0 aliphatic carbocycles. The minimum Gasteiger partial charge on any atom is -0.465 e. The third-order valence-electron chi connectivity index (χ3n) is 2.24. The number of hydrogen-bond acceptors (Lipinski definition) is 4. The molecule has 1 aromatic rings. The number of halogens is 1. The number of carbonyl (C=O) groups excluding carboxylic acids is 1. The Balaban J connectivity index is 2.83. The van der Waals surface area contributed by atoms with Crippen LogP contribution in [0.25, 0.3) is 0 Å². The number of esters is 1. The highest BCUT2D eigenvalue weighted by atomic mass is 79.9. The van der Waals surface area contributed by atoms with Crippen LogP contribution in [0.3, 0.4) is 0 Å². The van der Waals surface area contributed by atoms with Gasteiger partial charge in [-0.3, -0.25) is 4.79 Å². The van der Waals surface area contributed by atoms with Crippen molar-refractivity contribution in [1.82, 2.24) is 4.98 Å². The molecule has 0 amide bonds. The number of nitrogens with zero attached hydrogens (tertiary/aromatic N) is 1. The highest BCUT2D eigenvalue weighted by Gasteiger charge is 2.20. The zero-order valence-electron chi connectivity index (χ0n) is 9.37. The Morgan fingerprint density at radius 2 is 2.38 bits per heavy atom. The fraction of sp³-hybridized carbons (Fsp3) is 0.455. The van der Waals surface area contributed by atoms with Crippen molar-refractivity contribution in [2.75, 3.05) is 12.3 Å². The highest BCUT2D eigenvalue weighted by molar-refractivity contribution is 9.10. The lowest BCUT2D eigenvalue weighted by Gasteiger charge is -2.13. The minimum absolute atomic E-state index is 0.258. The molecule has 1 heterocycles. The van der Waals surface area contributed by atoms with Crippen molar-refractivity contribution in [3.8, 4) is 0 Å². The molecule has 1 aromatic heterocycles. The molecule has 0 spiro atoms. The van der Waals surface area contributed by atoms with Crippen molar-refractivity contribution >= 4 is 27.6 Å². The van der Waals surface area contributed by atoms with Crippen LogP contribution in [0, 0.1) is 0 Å². The van der Waals surface area contributed by atoms with Gasteiger partial charge in [0.15, 0.2) is 0 Å². The topological polar surface area (TPSA) is 65.2 Å². The van der Waals surface area contributed by atoms with E-state index >= 15 is 0 Å². The Labute approximate surface area is 103 Å². The molecule has 0 saturated heterocycles. The van der Waals surface area contributed by atoms with Gasteiger partial charge in [0.05, 0.1) is 18.2 Å². The first kappa shape index (κ1) is 13.0. The van der Waals surface area contributed by atoms with Gasteiger partial charge in [-0.15, -0.1) is 0 Å². The summed E-state index contributed by atoms with van der Waals surface area (Å²) in [5.74, 6) is -0.627. The van der Waals surface area contributed by atoms with Gasteiger partial charge >= 0.3 is 5.97 Å². The lowest BCUT2D eigenvalue weighted by molar-refractivity contribution is -0.145. The van der Waals surface area contributed by atoms with Crippen molar-refractivity contribution in [2.45, 2.75) is 26.2 Å². The molecule has 16 heavy (non-hydrogen) atoms. The average Bonchev–Trinajstić information content (AvgIpc) is 2.28. The van der Waals surface area contributed by atoms with E-state index in [9.17, 15) is 4.79 Å². The number of nitrogens with two attached hydrogens (primary N) is 1. The summed E-state index contributed by atoms with van der Waals surface area (Å²) in [6.07, 6.45) is 2.42. The van der Waals surface area contributed by atoms with Crippen LogP contribution < -0.4 is 5.73 Å². The van der Waals surface area contributed by atoms with Crippen LogP contribution in [0.4, 0.5) is 5.69 Å². The Kier molecular flexibility index (Phi) is 4.73. The van der Waals surface area contributed by atoms with E-state index in [1.807, 2.05) is 6.92 Å². The van der Waals surface area contributed by atoms with Crippen molar-refractivity contribution < 1.29 is 9.53 Å². The van der Waals surface area contributed by atoms with Crippen LogP contribution in [-0.4, -0.2) is 17.6 Å². The first-order chi connectivity index (χ1) is 7.57. The van der Waals surface area contributed by atoms with Crippen LogP contribution in [0.2, 0.25) is 0 Å². The quantitative estimate of drug-likeness (QED) is 0.682. The molecule has 0 aliphatic heterocycles. The van der Waals surface area contributed by atoms with E-state index in [1.54, 1.807) is 19.2 Å². The van der Waals surface area contributed by atoms with E-state index in [2.05, 4.69) is 20.9 Å². The van der Waals surface area contributed by atoms with Crippen LogP contribution in [0.1, 0.15) is 31.7 Å². The van der Waals surface area contributed by atoms with Crippen LogP contribution in [-0.2, 0) is 9.53 Å². The summed E-state index contributed by atoms with van der Waals surface area (Å²) >= 11 is 3.23. The molecule has 5 heteroatoms. The van der Waals surface area contributed by atoms with Gasteiger partial charge in [0, 0.05) is 6.20 Å². The number of pyridine rings is 1. The zero-order chi connectivity index (χ0) is 12.1. The molecule has 0 radical (unpaired) electrons. The number of aromatic nitrogens is 1. The minimum atomic E-state index is -0.370. The molecule has 0 bridgehead atoms. The second-order valence-corrected chi connectivity index (χ2v) is 4.24. The summed E-state index contributed by atoms with van der Waals surface area (Å²) in [7, 11) is 0. The summed E-state index contributed by atoms with van der Waals surface area (Å²) in [5, 5.41) is 0. The lowest BCUT2D eigenvalue weighted by atomic mass is 10.0. The number of nitrogen functional groups attached to an aromatic ring is 1. The Bertz CT molecular complexity index is 382. The third kappa shape index (κ3) is 2.95. The van der Waals surface area contributed by atoms with E-state index in [0.717, 1.165) is 12.0 Å². The average molecular weight is 287 g/mol. The van der Waals surface area contributed by atoms with Crippen molar-refractivity contribution in [3.63, 3.8) is 0 Å². The molecule has 4 nitrogen and oxygen atoms in total. The van der Waals surface area contributed by atoms with E-state index in [-0.39, 0.29) is 11.9 Å². The van der Waals surface area contributed by atoms with E-state index in [4.69, 9.17) is 10.5 Å². The van der Waals surface area contributed by atoms with Crippen molar-refractivity contribution in [1.29, 1.82) is 0 Å². The second kappa shape index (κ2) is 5.84. The normalized spacial score (nSPS) is 12.2. The maximum atomic E-state index is 11.7. The first-order valence-electron chi connectivity index (χ1n) is 5.14. The van der Waals surface area contributed by atoms with Gasteiger partial charge in [0.2, 0.25) is 0 Å². The summed E-state index contributed by atoms with van der Waals surface area (Å²) in [4.78, 5) is 15.6. The number of hydrogen-bond donors (Lipinski definition) is 1. The Hall–Kier alpha value is -1.10.